The van der Waals surface area contributed by atoms with E-state index in [1.807, 2.05) is 42.5 Å². The SMILES string of the molecule is N#Cc1c(N)ncnc1NCCc1nc2ccc(F)cc2c(-c2ccccn2)c1-c1ccccn1. The van der Waals surface area contributed by atoms with Crippen LogP contribution in [0.3, 0.4) is 0 Å². The Morgan fingerprint density at radius 3 is 2.34 bits per heavy atom. The van der Waals surface area contributed by atoms with Gasteiger partial charge in [0.15, 0.2) is 0 Å². The second-order valence-electron chi connectivity index (χ2n) is 7.67. The number of halogens is 1. The first-order valence-electron chi connectivity index (χ1n) is 10.8. The van der Waals surface area contributed by atoms with Gasteiger partial charge in [-0.05, 0) is 42.5 Å². The number of fused-ring (bicyclic) bond motifs is 1. The number of pyridine rings is 3. The van der Waals surface area contributed by atoms with Crippen LogP contribution in [0.25, 0.3) is 33.4 Å². The van der Waals surface area contributed by atoms with Gasteiger partial charge in [-0.1, -0.05) is 12.1 Å². The summed E-state index contributed by atoms with van der Waals surface area (Å²) in [6, 6.07) is 17.8. The minimum absolute atomic E-state index is 0.113. The zero-order chi connectivity index (χ0) is 24.2. The number of anilines is 2. The Morgan fingerprint density at radius 2 is 1.66 bits per heavy atom. The molecule has 5 aromatic rings. The molecule has 9 heteroatoms. The van der Waals surface area contributed by atoms with E-state index < -0.39 is 0 Å². The van der Waals surface area contributed by atoms with Crippen LogP contribution in [0.4, 0.5) is 16.0 Å². The zero-order valence-corrected chi connectivity index (χ0v) is 18.5. The molecule has 170 valence electrons. The lowest BCUT2D eigenvalue weighted by Crippen LogP contribution is -2.12. The minimum atomic E-state index is -0.358. The Bertz CT molecular complexity index is 1550. The van der Waals surface area contributed by atoms with Crippen molar-refractivity contribution in [3.63, 3.8) is 0 Å². The van der Waals surface area contributed by atoms with E-state index in [-0.39, 0.29) is 17.2 Å². The second kappa shape index (κ2) is 9.49. The third-order valence-electron chi connectivity index (χ3n) is 5.51. The van der Waals surface area contributed by atoms with Crippen molar-refractivity contribution >= 4 is 22.5 Å². The summed E-state index contributed by atoms with van der Waals surface area (Å²) in [6.45, 7) is 0.409. The monoisotopic (exact) mass is 462 g/mol. The maximum Gasteiger partial charge on any atom is 0.149 e. The zero-order valence-electron chi connectivity index (χ0n) is 18.5. The first-order chi connectivity index (χ1) is 17.2. The van der Waals surface area contributed by atoms with E-state index in [0.717, 1.165) is 16.8 Å². The predicted molar refractivity (Wildman–Crippen MR) is 132 cm³/mol. The van der Waals surface area contributed by atoms with Crippen LogP contribution >= 0.6 is 0 Å². The Kier molecular flexibility index (Phi) is 5.92. The van der Waals surface area contributed by atoms with Crippen LogP contribution in [0.5, 0.6) is 0 Å². The van der Waals surface area contributed by atoms with Crippen LogP contribution in [0.2, 0.25) is 0 Å². The molecular weight excluding hydrogens is 443 g/mol. The molecule has 0 spiro atoms. The van der Waals surface area contributed by atoms with Gasteiger partial charge in [-0.15, -0.1) is 0 Å². The van der Waals surface area contributed by atoms with E-state index in [1.54, 1.807) is 18.5 Å². The van der Waals surface area contributed by atoms with E-state index in [1.165, 1.54) is 18.5 Å². The Balaban J connectivity index is 1.66. The van der Waals surface area contributed by atoms with Crippen LogP contribution in [0.15, 0.2) is 73.3 Å². The van der Waals surface area contributed by atoms with Gasteiger partial charge in [-0.2, -0.15) is 5.26 Å². The summed E-state index contributed by atoms with van der Waals surface area (Å²) < 4.78 is 14.3. The van der Waals surface area contributed by atoms with E-state index in [9.17, 15) is 9.65 Å². The third-order valence-corrected chi connectivity index (χ3v) is 5.51. The predicted octanol–water partition coefficient (Wildman–Crippen LogP) is 4.40. The van der Waals surface area contributed by atoms with E-state index in [2.05, 4.69) is 25.3 Å². The van der Waals surface area contributed by atoms with E-state index in [4.69, 9.17) is 10.7 Å². The molecule has 0 fully saturated rings. The molecule has 0 bridgehead atoms. The number of rotatable bonds is 6. The molecule has 4 heterocycles. The highest BCUT2D eigenvalue weighted by atomic mass is 19.1. The fourth-order valence-electron chi connectivity index (χ4n) is 3.97. The fourth-order valence-corrected chi connectivity index (χ4v) is 3.97. The van der Waals surface area contributed by atoms with Crippen LogP contribution in [0, 0.1) is 17.1 Å². The highest BCUT2D eigenvalue weighted by molar-refractivity contribution is 6.01. The summed E-state index contributed by atoms with van der Waals surface area (Å²) >= 11 is 0. The molecule has 0 aliphatic heterocycles. The summed E-state index contributed by atoms with van der Waals surface area (Å²) in [4.78, 5) is 22.0. The lowest BCUT2D eigenvalue weighted by molar-refractivity contribution is 0.629. The van der Waals surface area contributed by atoms with Crippen LogP contribution < -0.4 is 11.1 Å². The van der Waals surface area contributed by atoms with E-state index in [0.29, 0.717) is 41.1 Å². The largest absolute Gasteiger partial charge is 0.382 e. The van der Waals surface area contributed by atoms with Gasteiger partial charge >= 0.3 is 0 Å². The third kappa shape index (κ3) is 4.32. The molecule has 8 nitrogen and oxygen atoms in total. The van der Waals surface area contributed by atoms with Crippen molar-refractivity contribution in [1.29, 1.82) is 5.26 Å². The average molecular weight is 462 g/mol. The van der Waals surface area contributed by atoms with Gasteiger partial charge in [-0.25, -0.2) is 14.4 Å². The standard InChI is InChI=1S/C26H19FN8/c27-16-7-8-19-17(13-16)23(20-5-1-3-10-30-20)24(21-6-2-4-11-31-21)22(35-19)9-12-32-26-18(14-28)25(29)33-15-34-26/h1-8,10-11,13,15H,9,12H2,(H3,29,32,33,34). The fraction of sp³-hybridized carbons (Fsp3) is 0.0769. The number of benzene rings is 1. The second-order valence-corrected chi connectivity index (χ2v) is 7.67. The van der Waals surface area contributed by atoms with Crippen LogP contribution in [-0.2, 0) is 6.42 Å². The Labute approximate surface area is 200 Å². The van der Waals surface area contributed by atoms with Gasteiger partial charge in [0.25, 0.3) is 0 Å². The van der Waals surface area contributed by atoms with Crippen molar-refractivity contribution in [2.75, 3.05) is 17.6 Å². The minimum Gasteiger partial charge on any atom is -0.382 e. The van der Waals surface area contributed by atoms with Gasteiger partial charge < -0.3 is 11.1 Å². The molecule has 0 aliphatic rings. The maximum absolute atomic E-state index is 14.3. The molecule has 0 amide bonds. The molecular formula is C26H19FN8. The number of aromatic nitrogens is 5. The maximum atomic E-state index is 14.3. The van der Waals surface area contributed by atoms with Gasteiger partial charge in [0.05, 0.1) is 22.6 Å². The molecule has 0 atom stereocenters. The van der Waals surface area contributed by atoms with Gasteiger partial charge in [-0.3, -0.25) is 15.0 Å². The van der Waals surface area contributed by atoms with Gasteiger partial charge in [0.2, 0.25) is 0 Å². The number of nitrogen functional groups attached to an aromatic ring is 1. The quantitative estimate of drug-likeness (QED) is 0.380. The normalized spacial score (nSPS) is 10.7. The van der Waals surface area contributed by atoms with Gasteiger partial charge in [0.1, 0.15) is 35.4 Å². The number of nitrogens with two attached hydrogens (primary N) is 1. The molecule has 35 heavy (non-hydrogen) atoms. The number of nitriles is 1. The highest BCUT2D eigenvalue weighted by Gasteiger charge is 2.20. The van der Waals surface area contributed by atoms with E-state index >= 15 is 0 Å². The number of hydrogen-bond donors (Lipinski definition) is 2. The number of nitrogens with zero attached hydrogens (tertiary/aromatic N) is 6. The first-order valence-corrected chi connectivity index (χ1v) is 10.8. The summed E-state index contributed by atoms with van der Waals surface area (Å²) in [7, 11) is 0. The number of nitrogens with one attached hydrogen (secondary N) is 1. The molecule has 4 aromatic heterocycles. The summed E-state index contributed by atoms with van der Waals surface area (Å²) in [5.74, 6) is 0.109. The average Bonchev–Trinajstić information content (AvgIpc) is 2.89. The van der Waals surface area contributed by atoms with Crippen LogP contribution in [-0.4, -0.2) is 31.5 Å². The lowest BCUT2D eigenvalue weighted by Gasteiger charge is -2.17. The first kappa shape index (κ1) is 21.9. The van der Waals surface area contributed by atoms with Crippen LogP contribution in [0.1, 0.15) is 11.3 Å². The highest BCUT2D eigenvalue weighted by Crippen LogP contribution is 2.38. The van der Waals surface area contributed by atoms with Crippen molar-refractivity contribution < 1.29 is 4.39 Å². The Morgan fingerprint density at radius 1 is 0.914 bits per heavy atom. The summed E-state index contributed by atoms with van der Waals surface area (Å²) in [6.07, 6.45) is 5.18. The molecule has 5 rings (SSSR count). The smallest absolute Gasteiger partial charge is 0.149 e. The molecule has 3 N–H and O–H groups in total. The summed E-state index contributed by atoms with van der Waals surface area (Å²) in [5.41, 5.74) is 10.3. The number of hydrogen-bond acceptors (Lipinski definition) is 8. The molecule has 0 unspecified atom stereocenters. The molecule has 0 aliphatic carbocycles. The topological polar surface area (TPSA) is 126 Å². The van der Waals surface area contributed by atoms with Gasteiger partial charge in [0, 0.05) is 41.9 Å². The van der Waals surface area contributed by atoms with Crippen molar-refractivity contribution in [2.45, 2.75) is 6.42 Å². The van der Waals surface area contributed by atoms with Crippen molar-refractivity contribution in [3.05, 3.63) is 90.4 Å². The lowest BCUT2D eigenvalue weighted by atomic mass is 9.93. The molecule has 1 aromatic carbocycles. The van der Waals surface area contributed by atoms with Crippen molar-refractivity contribution in [2.24, 2.45) is 0 Å². The Hall–Kier alpha value is -4.97. The molecule has 0 saturated heterocycles. The molecule has 0 saturated carbocycles. The van der Waals surface area contributed by atoms with Crippen molar-refractivity contribution in [1.82, 2.24) is 24.9 Å². The van der Waals surface area contributed by atoms with Crippen molar-refractivity contribution in [3.8, 4) is 28.6 Å². The molecule has 0 radical (unpaired) electrons. The summed E-state index contributed by atoms with van der Waals surface area (Å²) in [5, 5.41) is 13.2.